The fourth-order valence-electron chi connectivity index (χ4n) is 2.32. The van der Waals surface area contributed by atoms with Crippen molar-refractivity contribution < 1.29 is 19.1 Å². The molecule has 0 saturated carbocycles. The Kier molecular flexibility index (Phi) is 6.86. The highest BCUT2D eigenvalue weighted by Crippen LogP contribution is 2.30. The van der Waals surface area contributed by atoms with Crippen molar-refractivity contribution >= 4 is 23.5 Å². The number of hydrogen-bond acceptors (Lipinski definition) is 4. The van der Waals surface area contributed by atoms with Crippen molar-refractivity contribution in [2.24, 2.45) is 0 Å². The second-order valence-electron chi connectivity index (χ2n) is 7.17. The number of amides is 1. The van der Waals surface area contributed by atoms with Gasteiger partial charge >= 0.3 is 5.97 Å². The Hall–Kier alpha value is -2.53. The summed E-state index contributed by atoms with van der Waals surface area (Å²) < 4.78 is 10.5. The molecule has 6 heteroatoms. The molecule has 2 aromatic rings. The normalized spacial score (nSPS) is 12.2. The molecule has 2 aromatic carbocycles. The number of carbonyl (C=O) groups excluding carboxylic acids is 2. The zero-order chi connectivity index (χ0) is 20.0. The molecule has 1 amide bonds. The molecule has 0 unspecified atom stereocenters. The van der Waals surface area contributed by atoms with Gasteiger partial charge in [0.2, 0.25) is 0 Å². The molecule has 0 spiro atoms. The molecule has 1 N–H and O–H groups in total. The molecule has 0 aromatic heterocycles. The van der Waals surface area contributed by atoms with E-state index in [0.29, 0.717) is 10.8 Å². The Morgan fingerprint density at radius 2 is 1.74 bits per heavy atom. The first-order chi connectivity index (χ1) is 12.7. The van der Waals surface area contributed by atoms with Crippen LogP contribution >= 0.6 is 11.6 Å². The first-order valence-electron chi connectivity index (χ1n) is 8.65. The highest BCUT2D eigenvalue weighted by atomic mass is 35.5. The minimum atomic E-state index is -0.906. The summed E-state index contributed by atoms with van der Waals surface area (Å²) in [5, 5.41) is 3.14. The molecule has 0 heterocycles. The summed E-state index contributed by atoms with van der Waals surface area (Å²) in [6.45, 7) is 6.73. The number of halogens is 1. The molecule has 5 nitrogen and oxygen atoms in total. The maximum Gasteiger partial charge on any atom is 0.344 e. The monoisotopic (exact) mass is 389 g/mol. The Bertz CT molecular complexity index is 800. The van der Waals surface area contributed by atoms with Crippen LogP contribution in [0.5, 0.6) is 5.75 Å². The van der Waals surface area contributed by atoms with Gasteiger partial charge in [-0.25, -0.2) is 4.79 Å². The van der Waals surface area contributed by atoms with Gasteiger partial charge < -0.3 is 14.8 Å². The van der Waals surface area contributed by atoms with Crippen LogP contribution in [0.1, 0.15) is 27.7 Å². The van der Waals surface area contributed by atoms with E-state index in [-0.39, 0.29) is 12.5 Å². The second kappa shape index (κ2) is 8.91. The predicted octanol–water partition coefficient (Wildman–Crippen LogP) is 4.23. The van der Waals surface area contributed by atoms with Crippen molar-refractivity contribution in [3.8, 4) is 16.9 Å². The van der Waals surface area contributed by atoms with E-state index in [4.69, 9.17) is 21.1 Å². The lowest BCUT2D eigenvalue weighted by molar-refractivity contribution is -0.157. The molecule has 1 atom stereocenters. The standard InChI is InChI=1S/C21H24ClNO4/c1-14(20(25)23-21(2,3)4)27-19(24)13-26-18-11-10-16(12-17(18)22)15-8-6-5-7-9-15/h5-12,14H,13H2,1-4H3,(H,23,25)/t14-/m1/s1. The van der Waals surface area contributed by atoms with E-state index in [0.717, 1.165) is 11.1 Å². The Balaban J connectivity index is 1.91. The van der Waals surface area contributed by atoms with Crippen LogP contribution in [0, 0.1) is 0 Å². The fraction of sp³-hybridized carbons (Fsp3) is 0.333. The molecular weight excluding hydrogens is 366 g/mol. The van der Waals surface area contributed by atoms with Gasteiger partial charge in [0.15, 0.2) is 12.7 Å². The van der Waals surface area contributed by atoms with Crippen molar-refractivity contribution in [3.05, 3.63) is 53.6 Å². The van der Waals surface area contributed by atoms with Gasteiger partial charge in [-0.1, -0.05) is 48.0 Å². The number of hydrogen-bond donors (Lipinski definition) is 1. The highest BCUT2D eigenvalue weighted by Gasteiger charge is 2.22. The van der Waals surface area contributed by atoms with Gasteiger partial charge in [0.05, 0.1) is 5.02 Å². The molecule has 0 aliphatic heterocycles. The predicted molar refractivity (Wildman–Crippen MR) is 106 cm³/mol. The van der Waals surface area contributed by atoms with Gasteiger partial charge in [-0.3, -0.25) is 4.79 Å². The number of ether oxygens (including phenoxy) is 2. The van der Waals surface area contributed by atoms with Crippen LogP contribution in [0.15, 0.2) is 48.5 Å². The zero-order valence-corrected chi connectivity index (χ0v) is 16.7. The van der Waals surface area contributed by atoms with E-state index in [2.05, 4.69) is 5.32 Å². The summed E-state index contributed by atoms with van der Waals surface area (Å²) in [7, 11) is 0. The van der Waals surface area contributed by atoms with Gasteiger partial charge in [0.25, 0.3) is 5.91 Å². The summed E-state index contributed by atoms with van der Waals surface area (Å²) in [5.41, 5.74) is 1.58. The number of benzene rings is 2. The van der Waals surface area contributed by atoms with Crippen molar-refractivity contribution in [2.75, 3.05) is 6.61 Å². The van der Waals surface area contributed by atoms with Crippen LogP contribution in [-0.2, 0) is 14.3 Å². The van der Waals surface area contributed by atoms with Gasteiger partial charge in [-0.2, -0.15) is 0 Å². The number of carbonyl (C=O) groups is 2. The molecular formula is C21H24ClNO4. The summed E-state index contributed by atoms with van der Waals surface area (Å²) in [6, 6.07) is 15.1. The third-order valence-electron chi connectivity index (χ3n) is 3.56. The van der Waals surface area contributed by atoms with Gasteiger partial charge in [-0.05, 0) is 51.0 Å². The van der Waals surface area contributed by atoms with Gasteiger partial charge in [0, 0.05) is 5.54 Å². The first-order valence-corrected chi connectivity index (χ1v) is 9.03. The van der Waals surface area contributed by atoms with E-state index in [1.165, 1.54) is 6.92 Å². The minimum absolute atomic E-state index is 0.336. The molecule has 27 heavy (non-hydrogen) atoms. The average Bonchev–Trinajstić information content (AvgIpc) is 2.60. The van der Waals surface area contributed by atoms with E-state index < -0.39 is 17.6 Å². The van der Waals surface area contributed by atoms with E-state index in [9.17, 15) is 9.59 Å². The average molecular weight is 390 g/mol. The van der Waals surface area contributed by atoms with Crippen molar-refractivity contribution in [1.29, 1.82) is 0 Å². The van der Waals surface area contributed by atoms with E-state index >= 15 is 0 Å². The molecule has 0 bridgehead atoms. The molecule has 0 saturated heterocycles. The lowest BCUT2D eigenvalue weighted by Gasteiger charge is -2.23. The Labute approximate surface area is 164 Å². The van der Waals surface area contributed by atoms with Crippen LogP contribution in [-0.4, -0.2) is 30.1 Å². The second-order valence-corrected chi connectivity index (χ2v) is 7.58. The van der Waals surface area contributed by atoms with Crippen LogP contribution in [0.3, 0.4) is 0 Å². The largest absolute Gasteiger partial charge is 0.480 e. The maximum absolute atomic E-state index is 11.9. The smallest absolute Gasteiger partial charge is 0.344 e. The van der Waals surface area contributed by atoms with E-state index in [1.54, 1.807) is 12.1 Å². The summed E-state index contributed by atoms with van der Waals surface area (Å²) in [5.74, 6) is -0.629. The third kappa shape index (κ3) is 6.61. The summed E-state index contributed by atoms with van der Waals surface area (Å²) in [4.78, 5) is 23.9. The fourth-order valence-corrected chi connectivity index (χ4v) is 2.56. The quantitative estimate of drug-likeness (QED) is 0.751. The minimum Gasteiger partial charge on any atom is -0.480 e. The summed E-state index contributed by atoms with van der Waals surface area (Å²) >= 11 is 6.25. The number of nitrogens with one attached hydrogen (secondary N) is 1. The molecule has 0 fully saturated rings. The van der Waals surface area contributed by atoms with Gasteiger partial charge in [-0.15, -0.1) is 0 Å². The van der Waals surface area contributed by atoms with Crippen LogP contribution < -0.4 is 10.1 Å². The highest BCUT2D eigenvalue weighted by molar-refractivity contribution is 6.32. The topological polar surface area (TPSA) is 64.6 Å². The van der Waals surface area contributed by atoms with Crippen molar-refractivity contribution in [1.82, 2.24) is 5.32 Å². The third-order valence-corrected chi connectivity index (χ3v) is 3.86. The lowest BCUT2D eigenvalue weighted by Crippen LogP contribution is -2.46. The van der Waals surface area contributed by atoms with Crippen LogP contribution in [0.4, 0.5) is 0 Å². The zero-order valence-electron chi connectivity index (χ0n) is 15.9. The van der Waals surface area contributed by atoms with Gasteiger partial charge in [0.1, 0.15) is 5.75 Å². The molecule has 0 aliphatic carbocycles. The molecule has 0 radical (unpaired) electrons. The molecule has 2 rings (SSSR count). The van der Waals surface area contributed by atoms with Crippen LogP contribution in [0.2, 0.25) is 5.02 Å². The SMILES string of the molecule is C[C@@H](OC(=O)COc1ccc(-c2ccccc2)cc1Cl)C(=O)NC(C)(C)C. The molecule has 144 valence electrons. The number of rotatable bonds is 6. The Morgan fingerprint density at radius 1 is 1.07 bits per heavy atom. The maximum atomic E-state index is 11.9. The summed E-state index contributed by atoms with van der Waals surface area (Å²) in [6.07, 6.45) is -0.906. The van der Waals surface area contributed by atoms with Crippen LogP contribution in [0.25, 0.3) is 11.1 Å². The Morgan fingerprint density at radius 3 is 2.33 bits per heavy atom. The molecule has 0 aliphatic rings. The number of esters is 1. The van der Waals surface area contributed by atoms with Crippen molar-refractivity contribution in [2.45, 2.75) is 39.3 Å². The lowest BCUT2D eigenvalue weighted by atomic mass is 10.1. The van der Waals surface area contributed by atoms with Crippen molar-refractivity contribution in [3.63, 3.8) is 0 Å². The first kappa shape index (κ1) is 20.8. The van der Waals surface area contributed by atoms with E-state index in [1.807, 2.05) is 57.2 Å².